The van der Waals surface area contributed by atoms with Gasteiger partial charge in [0.2, 0.25) is 0 Å². The largest absolute Gasteiger partial charge is 0.370 e. The molecule has 7 heteroatoms. The summed E-state index contributed by atoms with van der Waals surface area (Å²) in [4.78, 5) is 43.6. The van der Waals surface area contributed by atoms with E-state index < -0.39 is 11.2 Å². The second-order valence-corrected chi connectivity index (χ2v) is 5.45. The van der Waals surface area contributed by atoms with Crippen LogP contribution in [0.4, 0.5) is 5.69 Å². The van der Waals surface area contributed by atoms with E-state index in [2.05, 4.69) is 14.9 Å². The molecule has 1 aromatic carbocycles. The van der Waals surface area contributed by atoms with Crippen molar-refractivity contribution in [1.29, 1.82) is 0 Å². The number of amides is 1. The molecule has 120 valence electrons. The molecule has 1 fully saturated rings. The van der Waals surface area contributed by atoms with Crippen LogP contribution in [0.5, 0.6) is 0 Å². The highest BCUT2D eigenvalue weighted by atomic mass is 16.2. The van der Waals surface area contributed by atoms with Crippen LogP contribution >= 0.6 is 0 Å². The standard InChI is InChI=1S/C16H18N4O3/c21-14-13(11-17-16(23)18-14)15(22)20-8-4-7-19(9-10-20)12-5-2-1-3-6-12/h1-3,5-6,11H,4,7-10H2,(H2,17,18,21,23). The summed E-state index contributed by atoms with van der Waals surface area (Å²) < 4.78 is 0. The Balaban J connectivity index is 1.74. The first-order valence-corrected chi connectivity index (χ1v) is 7.56. The number of anilines is 1. The molecule has 1 aliphatic heterocycles. The van der Waals surface area contributed by atoms with E-state index in [9.17, 15) is 14.4 Å². The van der Waals surface area contributed by atoms with Gasteiger partial charge in [0.05, 0.1) is 0 Å². The molecule has 0 radical (unpaired) electrons. The second-order valence-electron chi connectivity index (χ2n) is 5.45. The number of aromatic nitrogens is 2. The van der Waals surface area contributed by atoms with Gasteiger partial charge in [-0.15, -0.1) is 0 Å². The lowest BCUT2D eigenvalue weighted by Crippen LogP contribution is -2.39. The van der Waals surface area contributed by atoms with Crippen molar-refractivity contribution in [3.63, 3.8) is 0 Å². The molecule has 1 saturated heterocycles. The number of benzene rings is 1. The Morgan fingerprint density at radius 1 is 1.00 bits per heavy atom. The third-order valence-electron chi connectivity index (χ3n) is 3.95. The highest BCUT2D eigenvalue weighted by Crippen LogP contribution is 2.16. The predicted molar refractivity (Wildman–Crippen MR) is 86.9 cm³/mol. The molecule has 1 aromatic heterocycles. The van der Waals surface area contributed by atoms with Gasteiger partial charge in [-0.3, -0.25) is 14.6 Å². The van der Waals surface area contributed by atoms with E-state index in [1.54, 1.807) is 4.90 Å². The van der Waals surface area contributed by atoms with Crippen LogP contribution in [0.25, 0.3) is 0 Å². The molecule has 0 atom stereocenters. The van der Waals surface area contributed by atoms with Crippen LogP contribution in [0, 0.1) is 0 Å². The average Bonchev–Trinajstić information content (AvgIpc) is 2.81. The summed E-state index contributed by atoms with van der Waals surface area (Å²) in [6, 6.07) is 10.0. The van der Waals surface area contributed by atoms with Crippen LogP contribution in [-0.4, -0.2) is 47.0 Å². The zero-order chi connectivity index (χ0) is 16.2. The number of rotatable bonds is 2. The fourth-order valence-corrected chi connectivity index (χ4v) is 2.76. The van der Waals surface area contributed by atoms with E-state index in [0.29, 0.717) is 19.6 Å². The number of hydrogen-bond donors (Lipinski definition) is 2. The van der Waals surface area contributed by atoms with Crippen LogP contribution in [0.2, 0.25) is 0 Å². The first-order valence-electron chi connectivity index (χ1n) is 7.56. The van der Waals surface area contributed by atoms with Crippen LogP contribution in [-0.2, 0) is 0 Å². The number of nitrogens with zero attached hydrogens (tertiary/aromatic N) is 2. The lowest BCUT2D eigenvalue weighted by Gasteiger charge is -2.23. The van der Waals surface area contributed by atoms with Crippen LogP contribution in [0.15, 0.2) is 46.1 Å². The van der Waals surface area contributed by atoms with E-state index in [0.717, 1.165) is 18.7 Å². The minimum Gasteiger partial charge on any atom is -0.370 e. The third kappa shape index (κ3) is 3.33. The normalized spacial score (nSPS) is 15.3. The molecule has 2 N–H and O–H groups in total. The minimum absolute atomic E-state index is 0.0299. The number of hydrogen-bond acceptors (Lipinski definition) is 4. The van der Waals surface area contributed by atoms with Gasteiger partial charge in [0, 0.05) is 38.1 Å². The molecule has 0 aliphatic carbocycles. The maximum Gasteiger partial charge on any atom is 0.325 e. The molecule has 3 rings (SSSR count). The van der Waals surface area contributed by atoms with Gasteiger partial charge in [0.15, 0.2) is 0 Å². The van der Waals surface area contributed by atoms with Crippen molar-refractivity contribution < 1.29 is 4.79 Å². The summed E-state index contributed by atoms with van der Waals surface area (Å²) in [5, 5.41) is 0. The van der Waals surface area contributed by atoms with Gasteiger partial charge in [-0.05, 0) is 18.6 Å². The maximum atomic E-state index is 12.5. The Labute approximate surface area is 132 Å². The molecule has 23 heavy (non-hydrogen) atoms. The zero-order valence-electron chi connectivity index (χ0n) is 12.6. The summed E-state index contributed by atoms with van der Waals surface area (Å²) in [6.07, 6.45) is 2.01. The van der Waals surface area contributed by atoms with Crippen molar-refractivity contribution in [1.82, 2.24) is 14.9 Å². The Morgan fingerprint density at radius 3 is 2.52 bits per heavy atom. The van der Waals surface area contributed by atoms with Crippen molar-refractivity contribution in [2.75, 3.05) is 31.1 Å². The topological polar surface area (TPSA) is 89.3 Å². The van der Waals surface area contributed by atoms with Gasteiger partial charge in [-0.25, -0.2) is 4.79 Å². The molecule has 2 aromatic rings. The van der Waals surface area contributed by atoms with E-state index in [1.807, 2.05) is 30.3 Å². The number of H-pyrrole nitrogens is 2. The third-order valence-corrected chi connectivity index (χ3v) is 3.95. The van der Waals surface area contributed by atoms with Crippen LogP contribution < -0.4 is 16.1 Å². The molecule has 0 spiro atoms. The quantitative estimate of drug-likeness (QED) is 0.840. The number of carbonyl (C=O) groups is 1. The van der Waals surface area contributed by atoms with Gasteiger partial charge in [-0.1, -0.05) is 18.2 Å². The van der Waals surface area contributed by atoms with E-state index in [4.69, 9.17) is 0 Å². The molecular weight excluding hydrogens is 296 g/mol. The van der Waals surface area contributed by atoms with Crippen LogP contribution in [0.3, 0.4) is 0 Å². The summed E-state index contributed by atoms with van der Waals surface area (Å²) >= 11 is 0. The lowest BCUT2D eigenvalue weighted by molar-refractivity contribution is 0.0764. The smallest absolute Gasteiger partial charge is 0.325 e. The van der Waals surface area contributed by atoms with Crippen LogP contribution in [0.1, 0.15) is 16.8 Å². The molecule has 1 amide bonds. The number of carbonyl (C=O) groups excluding carboxylic acids is 1. The highest BCUT2D eigenvalue weighted by molar-refractivity contribution is 5.93. The summed E-state index contributed by atoms with van der Waals surface area (Å²) in [7, 11) is 0. The fourth-order valence-electron chi connectivity index (χ4n) is 2.76. The first kappa shape index (κ1) is 15.1. The second kappa shape index (κ2) is 6.51. The molecule has 2 heterocycles. The van der Waals surface area contributed by atoms with Crippen molar-refractivity contribution >= 4 is 11.6 Å². The van der Waals surface area contributed by atoms with Gasteiger partial charge >= 0.3 is 5.69 Å². The van der Waals surface area contributed by atoms with Crippen molar-refractivity contribution in [3.05, 3.63) is 62.9 Å². The average molecular weight is 314 g/mol. The Bertz CT molecular complexity index is 797. The van der Waals surface area contributed by atoms with Crippen molar-refractivity contribution in [2.45, 2.75) is 6.42 Å². The van der Waals surface area contributed by atoms with E-state index in [-0.39, 0.29) is 11.5 Å². The van der Waals surface area contributed by atoms with Crippen molar-refractivity contribution in [2.24, 2.45) is 0 Å². The molecule has 0 unspecified atom stereocenters. The van der Waals surface area contributed by atoms with Gasteiger partial charge in [0.25, 0.3) is 11.5 Å². The molecule has 1 aliphatic rings. The Hall–Kier alpha value is -2.83. The zero-order valence-corrected chi connectivity index (χ0v) is 12.6. The molecule has 0 bridgehead atoms. The van der Waals surface area contributed by atoms with Crippen molar-refractivity contribution in [3.8, 4) is 0 Å². The molecular formula is C16H18N4O3. The minimum atomic E-state index is -0.650. The highest BCUT2D eigenvalue weighted by Gasteiger charge is 2.22. The Kier molecular flexibility index (Phi) is 4.27. The summed E-state index contributed by atoms with van der Waals surface area (Å²) in [5.41, 5.74) is -0.165. The Morgan fingerprint density at radius 2 is 1.78 bits per heavy atom. The first-order chi connectivity index (χ1) is 11.1. The van der Waals surface area contributed by atoms with Gasteiger partial charge in [-0.2, -0.15) is 0 Å². The van der Waals surface area contributed by atoms with E-state index >= 15 is 0 Å². The number of nitrogens with one attached hydrogen (secondary N) is 2. The SMILES string of the molecule is O=C(c1c[nH]c(=O)[nH]c1=O)N1CCCN(c2ccccc2)CC1. The lowest BCUT2D eigenvalue weighted by atomic mass is 10.2. The van der Waals surface area contributed by atoms with E-state index in [1.165, 1.54) is 6.20 Å². The number of aromatic amines is 2. The fraction of sp³-hybridized carbons (Fsp3) is 0.312. The van der Waals surface area contributed by atoms with Gasteiger partial charge < -0.3 is 14.8 Å². The summed E-state index contributed by atoms with van der Waals surface area (Å²) in [5.74, 6) is -0.350. The predicted octanol–water partition coefficient (Wildman–Crippen LogP) is 0.416. The summed E-state index contributed by atoms with van der Waals surface area (Å²) in [6.45, 7) is 2.68. The molecule has 7 nitrogen and oxygen atoms in total. The van der Waals surface area contributed by atoms with Gasteiger partial charge in [0.1, 0.15) is 5.56 Å². The molecule has 0 saturated carbocycles. The number of para-hydroxylation sites is 1. The monoisotopic (exact) mass is 314 g/mol. The maximum absolute atomic E-state index is 12.5.